The van der Waals surface area contributed by atoms with Gasteiger partial charge in [0, 0.05) is 37.2 Å². The average Bonchev–Trinajstić information content (AvgIpc) is 3.05. The molecule has 2 fully saturated rings. The highest BCUT2D eigenvalue weighted by Gasteiger charge is 2.33. The molecule has 23 heavy (non-hydrogen) atoms. The quantitative estimate of drug-likeness (QED) is 0.872. The molecule has 0 bridgehead atoms. The molecule has 2 heterocycles. The summed E-state index contributed by atoms with van der Waals surface area (Å²) in [4.78, 5) is 2.24. The summed E-state index contributed by atoms with van der Waals surface area (Å²) in [7, 11) is 2.09. The Morgan fingerprint density at radius 1 is 1.26 bits per heavy atom. The molecule has 0 aromatic carbocycles. The maximum Gasteiger partial charge on any atom is 0.150 e. The van der Waals surface area contributed by atoms with Crippen LogP contribution in [0.15, 0.2) is 10.6 Å². The van der Waals surface area contributed by atoms with Crippen LogP contribution in [0.4, 0.5) is 0 Å². The molecule has 5 nitrogen and oxygen atoms in total. The Labute approximate surface area is 139 Å². The standard InChI is InChI=1S/C18H30N2O3/c1-20(13-18(14-21)7-9-22-10-8-18)12-16-11-17(19-23-16)15-5-3-2-4-6-15/h11,15,21H,2-10,12-14H2,1H3. The van der Waals surface area contributed by atoms with Gasteiger partial charge in [-0.1, -0.05) is 24.4 Å². The van der Waals surface area contributed by atoms with Crippen molar-refractivity contribution in [2.45, 2.75) is 57.4 Å². The number of aromatic nitrogens is 1. The van der Waals surface area contributed by atoms with E-state index in [1.165, 1.54) is 32.1 Å². The third-order valence-corrected chi connectivity index (χ3v) is 5.52. The van der Waals surface area contributed by atoms with E-state index in [0.717, 1.165) is 50.6 Å². The molecule has 1 saturated carbocycles. The second-order valence-electron chi connectivity index (χ2n) is 7.50. The Bertz CT molecular complexity index is 476. The Balaban J connectivity index is 1.55. The Hall–Kier alpha value is -0.910. The van der Waals surface area contributed by atoms with Crippen LogP contribution in [0.5, 0.6) is 0 Å². The third kappa shape index (κ3) is 4.34. The van der Waals surface area contributed by atoms with Crippen molar-refractivity contribution in [3.8, 4) is 0 Å². The Morgan fingerprint density at radius 3 is 2.70 bits per heavy atom. The fourth-order valence-corrected chi connectivity index (χ4v) is 4.06. The first-order chi connectivity index (χ1) is 11.2. The van der Waals surface area contributed by atoms with Gasteiger partial charge in [0.2, 0.25) is 0 Å². The monoisotopic (exact) mass is 322 g/mol. The largest absolute Gasteiger partial charge is 0.396 e. The number of hydrogen-bond donors (Lipinski definition) is 1. The Morgan fingerprint density at radius 2 is 2.00 bits per heavy atom. The van der Waals surface area contributed by atoms with Crippen molar-refractivity contribution in [1.29, 1.82) is 0 Å². The lowest BCUT2D eigenvalue weighted by atomic mass is 9.80. The fourth-order valence-electron chi connectivity index (χ4n) is 4.06. The second-order valence-corrected chi connectivity index (χ2v) is 7.50. The van der Waals surface area contributed by atoms with Crippen LogP contribution in [-0.4, -0.2) is 48.6 Å². The van der Waals surface area contributed by atoms with Crippen molar-refractivity contribution in [2.24, 2.45) is 5.41 Å². The fraction of sp³-hybridized carbons (Fsp3) is 0.833. The van der Waals surface area contributed by atoms with Crippen molar-refractivity contribution in [1.82, 2.24) is 10.1 Å². The van der Waals surface area contributed by atoms with E-state index in [1.54, 1.807) is 0 Å². The summed E-state index contributed by atoms with van der Waals surface area (Å²) in [5.74, 6) is 1.53. The average molecular weight is 322 g/mol. The number of nitrogens with zero attached hydrogens (tertiary/aromatic N) is 2. The molecule has 1 N–H and O–H groups in total. The van der Waals surface area contributed by atoms with Crippen molar-refractivity contribution in [3.05, 3.63) is 17.5 Å². The van der Waals surface area contributed by atoms with E-state index < -0.39 is 0 Å². The zero-order valence-electron chi connectivity index (χ0n) is 14.3. The first-order valence-corrected chi connectivity index (χ1v) is 9.03. The van der Waals surface area contributed by atoms with Crippen molar-refractivity contribution < 1.29 is 14.4 Å². The predicted molar refractivity (Wildman–Crippen MR) is 88.2 cm³/mol. The summed E-state index contributed by atoms with van der Waals surface area (Å²) >= 11 is 0. The van der Waals surface area contributed by atoms with Crippen molar-refractivity contribution in [3.63, 3.8) is 0 Å². The highest BCUT2D eigenvalue weighted by Crippen LogP contribution is 2.33. The van der Waals surface area contributed by atoms with Gasteiger partial charge in [-0.25, -0.2) is 0 Å². The number of rotatable bonds is 6. The molecule has 1 saturated heterocycles. The molecule has 0 unspecified atom stereocenters. The van der Waals surface area contributed by atoms with E-state index >= 15 is 0 Å². The molecule has 130 valence electrons. The SMILES string of the molecule is CN(Cc1cc(C2CCCCC2)no1)CC1(CO)CCOCC1. The molecule has 0 atom stereocenters. The van der Waals surface area contributed by atoms with E-state index in [1.807, 2.05) is 0 Å². The van der Waals surface area contributed by atoms with Gasteiger partial charge in [0.1, 0.15) is 0 Å². The van der Waals surface area contributed by atoms with E-state index in [9.17, 15) is 5.11 Å². The molecule has 1 aliphatic carbocycles. The Kier molecular flexibility index (Phi) is 5.72. The van der Waals surface area contributed by atoms with Gasteiger partial charge in [-0.2, -0.15) is 0 Å². The highest BCUT2D eigenvalue weighted by atomic mass is 16.5. The number of aliphatic hydroxyl groups excluding tert-OH is 1. The van der Waals surface area contributed by atoms with Crippen LogP contribution < -0.4 is 0 Å². The minimum atomic E-state index is -0.0286. The molecule has 0 radical (unpaired) electrons. The number of hydrogen-bond acceptors (Lipinski definition) is 5. The summed E-state index contributed by atoms with van der Waals surface area (Å²) in [6.45, 7) is 3.35. The van der Waals surface area contributed by atoms with Gasteiger partial charge in [-0.15, -0.1) is 0 Å². The summed E-state index contributed by atoms with van der Waals surface area (Å²) in [5, 5.41) is 14.1. The van der Waals surface area contributed by atoms with Gasteiger partial charge in [-0.3, -0.25) is 4.90 Å². The van der Waals surface area contributed by atoms with Gasteiger partial charge in [-0.05, 0) is 32.7 Å². The van der Waals surface area contributed by atoms with Crippen LogP contribution in [0, 0.1) is 5.41 Å². The summed E-state index contributed by atoms with van der Waals surface area (Å²) in [6, 6.07) is 2.14. The lowest BCUT2D eigenvalue weighted by molar-refractivity contribution is -0.0325. The van der Waals surface area contributed by atoms with E-state index in [2.05, 4.69) is 23.2 Å². The van der Waals surface area contributed by atoms with Gasteiger partial charge >= 0.3 is 0 Å². The van der Waals surface area contributed by atoms with Crippen molar-refractivity contribution >= 4 is 0 Å². The summed E-state index contributed by atoms with van der Waals surface area (Å²) < 4.78 is 11.0. The molecule has 2 aliphatic rings. The summed E-state index contributed by atoms with van der Waals surface area (Å²) in [6.07, 6.45) is 8.33. The summed E-state index contributed by atoms with van der Waals surface area (Å²) in [5.41, 5.74) is 1.11. The highest BCUT2D eigenvalue weighted by molar-refractivity contribution is 5.11. The maximum atomic E-state index is 9.81. The first kappa shape index (κ1) is 16.9. The molecule has 3 rings (SSSR count). The van der Waals surface area contributed by atoms with Gasteiger partial charge in [0.25, 0.3) is 0 Å². The van der Waals surface area contributed by atoms with E-state index in [4.69, 9.17) is 9.26 Å². The molecular weight excluding hydrogens is 292 g/mol. The van der Waals surface area contributed by atoms with Crippen molar-refractivity contribution in [2.75, 3.05) is 33.4 Å². The predicted octanol–water partition coefficient (Wildman–Crippen LogP) is 2.94. The second kappa shape index (κ2) is 7.77. The van der Waals surface area contributed by atoms with Crippen LogP contribution in [0.2, 0.25) is 0 Å². The van der Waals surface area contributed by atoms with Crippen LogP contribution in [0.3, 0.4) is 0 Å². The smallest absolute Gasteiger partial charge is 0.150 e. The molecule has 1 aliphatic heterocycles. The maximum absolute atomic E-state index is 9.81. The third-order valence-electron chi connectivity index (χ3n) is 5.52. The van der Waals surface area contributed by atoms with Gasteiger partial charge in [0.15, 0.2) is 5.76 Å². The lowest BCUT2D eigenvalue weighted by Crippen LogP contribution is -2.42. The molecule has 1 aromatic heterocycles. The van der Waals surface area contributed by atoms with Gasteiger partial charge < -0.3 is 14.4 Å². The molecule has 0 amide bonds. The lowest BCUT2D eigenvalue weighted by Gasteiger charge is -2.38. The van der Waals surface area contributed by atoms with Crippen LogP contribution in [-0.2, 0) is 11.3 Å². The topological polar surface area (TPSA) is 58.7 Å². The van der Waals surface area contributed by atoms with Crippen LogP contribution in [0.1, 0.15) is 62.3 Å². The molecule has 0 spiro atoms. The van der Waals surface area contributed by atoms with Crippen LogP contribution >= 0.6 is 0 Å². The number of aliphatic hydroxyl groups is 1. The van der Waals surface area contributed by atoms with Gasteiger partial charge in [0.05, 0.1) is 18.8 Å². The first-order valence-electron chi connectivity index (χ1n) is 9.03. The van der Waals surface area contributed by atoms with E-state index in [-0.39, 0.29) is 12.0 Å². The minimum Gasteiger partial charge on any atom is -0.396 e. The normalized spacial score (nSPS) is 22.6. The zero-order chi connectivity index (χ0) is 16.1. The van der Waals surface area contributed by atoms with Crippen LogP contribution in [0.25, 0.3) is 0 Å². The van der Waals surface area contributed by atoms with E-state index in [0.29, 0.717) is 5.92 Å². The zero-order valence-corrected chi connectivity index (χ0v) is 14.3. The minimum absolute atomic E-state index is 0.0286. The molecule has 1 aromatic rings. The molecular formula is C18H30N2O3. The molecule has 5 heteroatoms. The number of ether oxygens (including phenoxy) is 1.